The van der Waals surface area contributed by atoms with Gasteiger partial charge in [0.15, 0.2) is 5.78 Å². The molecule has 0 aliphatic heterocycles. The van der Waals surface area contributed by atoms with E-state index in [1.807, 2.05) is 32.9 Å². The molecule has 0 heterocycles. The SMILES string of the molecule is Cc1ccc(C(=O)C(CC(=O)O)NCC(C)C)cc1. The van der Waals surface area contributed by atoms with Gasteiger partial charge in [-0.25, -0.2) is 0 Å². The van der Waals surface area contributed by atoms with Crippen LogP contribution in [0, 0.1) is 12.8 Å². The Morgan fingerprint density at radius 3 is 2.26 bits per heavy atom. The number of hydrogen-bond acceptors (Lipinski definition) is 3. The molecule has 2 N–H and O–H groups in total. The topological polar surface area (TPSA) is 66.4 Å². The maximum atomic E-state index is 12.3. The molecule has 0 amide bonds. The summed E-state index contributed by atoms with van der Waals surface area (Å²) in [7, 11) is 0. The number of rotatable bonds is 7. The fourth-order valence-electron chi connectivity index (χ4n) is 1.73. The second kappa shape index (κ2) is 7.04. The predicted octanol–water partition coefficient (Wildman–Crippen LogP) is 2.27. The molecule has 0 aliphatic rings. The predicted molar refractivity (Wildman–Crippen MR) is 74.4 cm³/mol. The number of aryl methyl sites for hydroxylation is 1. The average molecular weight is 263 g/mol. The molecule has 1 unspecified atom stereocenters. The first-order valence-electron chi connectivity index (χ1n) is 6.46. The lowest BCUT2D eigenvalue weighted by molar-refractivity contribution is -0.137. The van der Waals surface area contributed by atoms with Gasteiger partial charge >= 0.3 is 5.97 Å². The van der Waals surface area contributed by atoms with E-state index in [1.54, 1.807) is 12.1 Å². The van der Waals surface area contributed by atoms with Gasteiger partial charge < -0.3 is 10.4 Å². The standard InChI is InChI=1S/C15H21NO3/c1-10(2)9-16-13(8-14(17)18)15(19)12-6-4-11(3)5-7-12/h4-7,10,13,16H,8-9H2,1-3H3,(H,17,18). The van der Waals surface area contributed by atoms with Crippen LogP contribution in [0.25, 0.3) is 0 Å². The summed E-state index contributed by atoms with van der Waals surface area (Å²) in [6.45, 7) is 6.60. The molecule has 0 radical (unpaired) electrons. The number of Topliss-reactive ketones (excluding diaryl/α,β-unsaturated/α-hetero) is 1. The molecule has 0 saturated carbocycles. The highest BCUT2D eigenvalue weighted by atomic mass is 16.4. The summed E-state index contributed by atoms with van der Waals surface area (Å²) in [5.74, 6) is -0.771. The maximum Gasteiger partial charge on any atom is 0.305 e. The minimum atomic E-state index is -0.971. The highest BCUT2D eigenvalue weighted by molar-refractivity contribution is 6.01. The van der Waals surface area contributed by atoms with E-state index < -0.39 is 12.0 Å². The molecule has 0 fully saturated rings. The van der Waals surface area contributed by atoms with Crippen LogP contribution < -0.4 is 5.32 Å². The van der Waals surface area contributed by atoms with Crippen molar-refractivity contribution in [1.29, 1.82) is 0 Å². The minimum Gasteiger partial charge on any atom is -0.481 e. The Labute approximate surface area is 113 Å². The molecule has 0 bridgehead atoms. The van der Waals surface area contributed by atoms with E-state index in [1.165, 1.54) is 0 Å². The van der Waals surface area contributed by atoms with Crippen molar-refractivity contribution in [3.8, 4) is 0 Å². The molecule has 4 nitrogen and oxygen atoms in total. The van der Waals surface area contributed by atoms with Crippen molar-refractivity contribution in [2.45, 2.75) is 33.2 Å². The number of ketones is 1. The molecular formula is C15H21NO3. The van der Waals surface area contributed by atoms with Crippen LogP contribution in [0.15, 0.2) is 24.3 Å². The molecule has 0 aromatic heterocycles. The second-order valence-electron chi connectivity index (χ2n) is 5.18. The van der Waals surface area contributed by atoms with Crippen molar-refractivity contribution < 1.29 is 14.7 Å². The van der Waals surface area contributed by atoms with Crippen molar-refractivity contribution in [1.82, 2.24) is 5.32 Å². The molecule has 1 atom stereocenters. The van der Waals surface area contributed by atoms with Crippen molar-refractivity contribution in [3.05, 3.63) is 35.4 Å². The van der Waals surface area contributed by atoms with Crippen molar-refractivity contribution in [2.24, 2.45) is 5.92 Å². The van der Waals surface area contributed by atoms with E-state index in [2.05, 4.69) is 5.32 Å². The quantitative estimate of drug-likeness (QED) is 0.741. The van der Waals surface area contributed by atoms with Crippen LogP contribution in [-0.4, -0.2) is 29.4 Å². The van der Waals surface area contributed by atoms with E-state index in [9.17, 15) is 9.59 Å². The smallest absolute Gasteiger partial charge is 0.305 e. The molecule has 0 saturated heterocycles. The number of carbonyl (C=O) groups excluding carboxylic acids is 1. The number of nitrogens with one attached hydrogen (secondary N) is 1. The number of carboxylic acid groups (broad SMARTS) is 1. The van der Waals surface area contributed by atoms with Gasteiger partial charge in [0.25, 0.3) is 0 Å². The normalized spacial score (nSPS) is 12.4. The first-order chi connectivity index (χ1) is 8.90. The molecule has 0 spiro atoms. The third-order valence-electron chi connectivity index (χ3n) is 2.80. The maximum absolute atomic E-state index is 12.3. The van der Waals surface area contributed by atoms with Crippen LogP contribution in [-0.2, 0) is 4.79 Å². The van der Waals surface area contributed by atoms with Crippen LogP contribution in [0.4, 0.5) is 0 Å². The van der Waals surface area contributed by atoms with Gasteiger partial charge in [0.1, 0.15) is 0 Å². The van der Waals surface area contributed by atoms with Gasteiger partial charge in [-0.2, -0.15) is 0 Å². The van der Waals surface area contributed by atoms with Crippen LogP contribution >= 0.6 is 0 Å². The third kappa shape index (κ3) is 5.22. The summed E-state index contributed by atoms with van der Waals surface area (Å²) in [6.07, 6.45) is -0.195. The molecule has 1 aromatic carbocycles. The number of benzene rings is 1. The number of hydrogen-bond donors (Lipinski definition) is 2. The Morgan fingerprint density at radius 2 is 1.79 bits per heavy atom. The molecule has 1 aromatic rings. The van der Waals surface area contributed by atoms with Crippen LogP contribution in [0.3, 0.4) is 0 Å². The summed E-state index contributed by atoms with van der Waals surface area (Å²) >= 11 is 0. The largest absolute Gasteiger partial charge is 0.481 e. The first-order valence-corrected chi connectivity index (χ1v) is 6.46. The zero-order chi connectivity index (χ0) is 14.4. The van der Waals surface area contributed by atoms with E-state index in [0.717, 1.165) is 5.56 Å². The lowest BCUT2D eigenvalue weighted by atomic mass is 10.00. The van der Waals surface area contributed by atoms with Crippen LogP contribution in [0.5, 0.6) is 0 Å². The zero-order valence-corrected chi connectivity index (χ0v) is 11.6. The van der Waals surface area contributed by atoms with Crippen molar-refractivity contribution in [2.75, 3.05) is 6.54 Å². The number of carbonyl (C=O) groups is 2. The van der Waals surface area contributed by atoms with Crippen LogP contribution in [0.2, 0.25) is 0 Å². The Balaban J connectivity index is 2.80. The lowest BCUT2D eigenvalue weighted by Crippen LogP contribution is -2.40. The Bertz CT molecular complexity index is 437. The van der Waals surface area contributed by atoms with Gasteiger partial charge in [-0.15, -0.1) is 0 Å². The van der Waals surface area contributed by atoms with Crippen molar-refractivity contribution in [3.63, 3.8) is 0 Å². The second-order valence-corrected chi connectivity index (χ2v) is 5.18. The third-order valence-corrected chi connectivity index (χ3v) is 2.80. The Hall–Kier alpha value is -1.68. The van der Waals surface area contributed by atoms with E-state index in [-0.39, 0.29) is 12.2 Å². The van der Waals surface area contributed by atoms with E-state index in [4.69, 9.17) is 5.11 Å². The van der Waals surface area contributed by atoms with Gasteiger partial charge in [0.05, 0.1) is 12.5 Å². The Morgan fingerprint density at radius 1 is 1.21 bits per heavy atom. The van der Waals surface area contributed by atoms with Gasteiger partial charge in [0.2, 0.25) is 0 Å². The molecule has 1 rings (SSSR count). The number of carboxylic acids is 1. The van der Waals surface area contributed by atoms with E-state index >= 15 is 0 Å². The molecule has 104 valence electrons. The molecule has 19 heavy (non-hydrogen) atoms. The summed E-state index contributed by atoms with van der Waals surface area (Å²) in [5.41, 5.74) is 1.62. The number of aliphatic carboxylic acids is 1. The zero-order valence-electron chi connectivity index (χ0n) is 11.6. The fraction of sp³-hybridized carbons (Fsp3) is 0.467. The summed E-state index contributed by atoms with van der Waals surface area (Å²) in [6, 6.07) is 6.52. The average Bonchev–Trinajstić information content (AvgIpc) is 2.34. The van der Waals surface area contributed by atoms with Gasteiger partial charge in [0, 0.05) is 5.56 Å². The minimum absolute atomic E-state index is 0.164. The van der Waals surface area contributed by atoms with Gasteiger partial charge in [-0.05, 0) is 19.4 Å². The van der Waals surface area contributed by atoms with E-state index in [0.29, 0.717) is 18.0 Å². The summed E-state index contributed by atoms with van der Waals surface area (Å²) in [4.78, 5) is 23.1. The fourth-order valence-corrected chi connectivity index (χ4v) is 1.73. The van der Waals surface area contributed by atoms with Gasteiger partial charge in [-0.1, -0.05) is 43.7 Å². The van der Waals surface area contributed by atoms with Gasteiger partial charge in [-0.3, -0.25) is 9.59 Å². The molecule has 4 heteroatoms. The van der Waals surface area contributed by atoms with Crippen molar-refractivity contribution >= 4 is 11.8 Å². The Kier molecular flexibility index (Phi) is 5.70. The highest BCUT2D eigenvalue weighted by Crippen LogP contribution is 2.09. The lowest BCUT2D eigenvalue weighted by Gasteiger charge is -2.17. The monoisotopic (exact) mass is 263 g/mol. The highest BCUT2D eigenvalue weighted by Gasteiger charge is 2.22. The summed E-state index contributed by atoms with van der Waals surface area (Å²) < 4.78 is 0. The molecular weight excluding hydrogens is 242 g/mol. The van der Waals surface area contributed by atoms with Crippen LogP contribution in [0.1, 0.15) is 36.2 Å². The first kappa shape index (κ1) is 15.4. The molecule has 0 aliphatic carbocycles. The summed E-state index contributed by atoms with van der Waals surface area (Å²) in [5, 5.41) is 11.9.